The molecule has 3 aromatic heterocycles. The monoisotopic (exact) mass is 658 g/mol. The van der Waals surface area contributed by atoms with Gasteiger partial charge in [0, 0.05) is 88.1 Å². The Morgan fingerprint density at radius 1 is 0.958 bits per heavy atom. The summed E-state index contributed by atoms with van der Waals surface area (Å²) < 4.78 is 51.1. The first-order valence-corrected chi connectivity index (χ1v) is 15.5. The summed E-state index contributed by atoms with van der Waals surface area (Å²) in [4.78, 5) is 41.1. The van der Waals surface area contributed by atoms with Crippen molar-refractivity contribution >= 4 is 28.4 Å². The van der Waals surface area contributed by atoms with Gasteiger partial charge in [-0.15, -0.1) is 0 Å². The van der Waals surface area contributed by atoms with Crippen LogP contribution in [0.4, 0.5) is 18.9 Å². The second kappa shape index (κ2) is 12.1. The van der Waals surface area contributed by atoms with E-state index in [9.17, 15) is 22.8 Å². The van der Waals surface area contributed by atoms with Crippen LogP contribution in [0.3, 0.4) is 0 Å². The molecule has 1 fully saturated rings. The highest BCUT2D eigenvalue weighted by atomic mass is 19.4. The molecule has 7 rings (SSSR count). The molecule has 2 aliphatic rings. The highest BCUT2D eigenvalue weighted by molar-refractivity contribution is 6.13. The molecule has 11 nitrogen and oxygen atoms in total. The van der Waals surface area contributed by atoms with Gasteiger partial charge in [0.15, 0.2) is 5.69 Å². The Morgan fingerprint density at radius 3 is 2.50 bits per heavy atom. The van der Waals surface area contributed by atoms with E-state index >= 15 is 0 Å². The average Bonchev–Trinajstić information content (AvgIpc) is 3.72. The van der Waals surface area contributed by atoms with Gasteiger partial charge in [-0.1, -0.05) is 0 Å². The van der Waals surface area contributed by atoms with Crippen LogP contribution in [0.1, 0.15) is 32.7 Å². The maximum Gasteiger partial charge on any atom is 0.435 e. The first-order chi connectivity index (χ1) is 23.0. The summed E-state index contributed by atoms with van der Waals surface area (Å²) in [6, 6.07) is 8.99. The molecular weight excluding hydrogens is 625 g/mol. The zero-order valence-corrected chi connectivity index (χ0v) is 26.7. The van der Waals surface area contributed by atoms with Crippen molar-refractivity contribution < 1.29 is 27.5 Å². The Morgan fingerprint density at radius 2 is 1.77 bits per heavy atom. The maximum absolute atomic E-state index is 14.5. The van der Waals surface area contributed by atoms with E-state index < -0.39 is 11.9 Å². The number of ether oxygens (including phenoxy) is 1. The quantitative estimate of drug-likeness (QED) is 0.256. The number of aryl methyl sites for hydroxylation is 1. The highest BCUT2D eigenvalue weighted by Gasteiger charge is 2.39. The van der Waals surface area contributed by atoms with E-state index in [4.69, 9.17) is 4.74 Å². The molecule has 0 N–H and O–H groups in total. The van der Waals surface area contributed by atoms with Crippen molar-refractivity contribution in [2.75, 3.05) is 45.2 Å². The van der Waals surface area contributed by atoms with E-state index in [1.165, 1.54) is 13.2 Å². The van der Waals surface area contributed by atoms with Crippen LogP contribution in [-0.2, 0) is 37.5 Å². The Kier molecular flexibility index (Phi) is 7.90. The van der Waals surface area contributed by atoms with E-state index in [1.807, 2.05) is 12.1 Å². The van der Waals surface area contributed by atoms with E-state index in [-0.39, 0.29) is 30.5 Å². The number of amides is 2. The van der Waals surface area contributed by atoms with Crippen LogP contribution in [0.5, 0.6) is 5.75 Å². The minimum atomic E-state index is -4.68. The minimum absolute atomic E-state index is 0.0418. The lowest BCUT2D eigenvalue weighted by atomic mass is 9.87. The van der Waals surface area contributed by atoms with Gasteiger partial charge in [0.1, 0.15) is 5.75 Å². The molecule has 2 aliphatic heterocycles. The lowest BCUT2D eigenvalue weighted by Gasteiger charge is -2.33. The predicted molar refractivity (Wildman–Crippen MR) is 172 cm³/mol. The van der Waals surface area contributed by atoms with E-state index in [0.29, 0.717) is 77.2 Å². The van der Waals surface area contributed by atoms with Crippen LogP contribution in [0.25, 0.3) is 22.0 Å². The number of alkyl halides is 3. The van der Waals surface area contributed by atoms with Crippen molar-refractivity contribution in [1.29, 1.82) is 0 Å². The minimum Gasteiger partial charge on any atom is -0.497 e. The summed E-state index contributed by atoms with van der Waals surface area (Å²) in [5.41, 5.74) is 2.94. The number of carbonyl (C=O) groups excluding carboxylic acids is 2. The number of pyridine rings is 1. The fourth-order valence-corrected chi connectivity index (χ4v) is 6.65. The molecule has 0 atom stereocenters. The molecule has 2 aromatic carbocycles. The molecule has 0 bridgehead atoms. The third kappa shape index (κ3) is 5.76. The summed E-state index contributed by atoms with van der Waals surface area (Å²) in [5, 5.41) is 4.44. The Labute approximate surface area is 274 Å². The fourth-order valence-electron chi connectivity index (χ4n) is 6.65. The summed E-state index contributed by atoms with van der Waals surface area (Å²) in [6.45, 7) is 2.62. The van der Waals surface area contributed by atoms with Crippen molar-refractivity contribution in [1.82, 2.24) is 34.1 Å². The van der Waals surface area contributed by atoms with Gasteiger partial charge in [0.2, 0.25) is 5.91 Å². The lowest BCUT2D eigenvalue weighted by molar-refractivity contribution is -0.141. The molecule has 0 saturated carbocycles. The number of hydrogen-bond acceptors (Lipinski definition) is 7. The standard InChI is InChI=1S/C34H33F3N8O3/c1-41-10-11-43(19-30(41)46)17-22-14-23(48-3)15-27-29(4-6-39-31(22)27)45-8-5-24-25(28-18-42(2)40-32(28)34(35,36)37)12-21(13-26(24)33(45)47)16-44-9-7-38-20-44/h4,6-7,9,12-15,18,20H,5,8,10-11,16-17,19H2,1-3H3. The van der Waals surface area contributed by atoms with E-state index in [2.05, 4.69) is 20.0 Å². The van der Waals surface area contributed by atoms with Gasteiger partial charge in [0.05, 0.1) is 31.2 Å². The largest absolute Gasteiger partial charge is 0.497 e. The number of aromatic nitrogens is 5. The normalized spacial score (nSPS) is 15.8. The van der Waals surface area contributed by atoms with Crippen molar-refractivity contribution in [3.63, 3.8) is 0 Å². The number of rotatable bonds is 7. The maximum atomic E-state index is 14.5. The van der Waals surface area contributed by atoms with Crippen LogP contribution in [0.2, 0.25) is 0 Å². The average molecular weight is 659 g/mol. The zero-order valence-electron chi connectivity index (χ0n) is 26.7. The summed E-state index contributed by atoms with van der Waals surface area (Å²) in [6.07, 6.45) is 3.63. The third-order valence-electron chi connectivity index (χ3n) is 9.01. The second-order valence-electron chi connectivity index (χ2n) is 12.2. The number of imidazole rings is 1. The first kappa shape index (κ1) is 31.4. The topological polar surface area (TPSA) is 102 Å². The zero-order chi connectivity index (χ0) is 33.7. The van der Waals surface area contributed by atoms with Gasteiger partial charge in [-0.3, -0.25) is 24.2 Å². The number of halogens is 3. The number of piperazine rings is 1. The molecule has 248 valence electrons. The van der Waals surface area contributed by atoms with Crippen LogP contribution >= 0.6 is 0 Å². The molecule has 2 amide bonds. The van der Waals surface area contributed by atoms with Crippen molar-refractivity contribution in [3.8, 4) is 16.9 Å². The van der Waals surface area contributed by atoms with Crippen LogP contribution in [-0.4, -0.2) is 86.3 Å². The second-order valence-corrected chi connectivity index (χ2v) is 12.2. The number of hydrogen-bond donors (Lipinski definition) is 0. The summed E-state index contributed by atoms with van der Waals surface area (Å²) in [7, 11) is 4.81. The van der Waals surface area contributed by atoms with Crippen molar-refractivity contribution in [2.24, 2.45) is 7.05 Å². The Bertz CT molecular complexity index is 2040. The predicted octanol–water partition coefficient (Wildman–Crippen LogP) is 4.38. The van der Waals surface area contributed by atoms with Gasteiger partial charge in [-0.05, 0) is 59.0 Å². The number of benzene rings is 2. The number of nitrogens with zero attached hydrogens (tertiary/aromatic N) is 8. The molecular formula is C34H33F3N8O3. The van der Waals surface area contributed by atoms with Crippen LogP contribution < -0.4 is 9.64 Å². The first-order valence-electron chi connectivity index (χ1n) is 15.5. The van der Waals surface area contributed by atoms with Gasteiger partial charge >= 0.3 is 6.18 Å². The van der Waals surface area contributed by atoms with Crippen LogP contribution in [0, 0.1) is 0 Å². The van der Waals surface area contributed by atoms with Crippen molar-refractivity contribution in [2.45, 2.75) is 25.7 Å². The van der Waals surface area contributed by atoms with E-state index in [0.717, 1.165) is 10.2 Å². The van der Waals surface area contributed by atoms with E-state index in [1.54, 1.807) is 71.6 Å². The summed E-state index contributed by atoms with van der Waals surface area (Å²) in [5.74, 6) is 0.294. The SMILES string of the molecule is COc1cc(CN2CCN(C)C(=O)C2)c2nccc(N3CCc4c(cc(Cn5ccnc5)cc4-c4cn(C)nc4C(F)(F)F)C3=O)c2c1. The summed E-state index contributed by atoms with van der Waals surface area (Å²) >= 11 is 0. The molecule has 0 radical (unpaired) electrons. The molecule has 48 heavy (non-hydrogen) atoms. The molecule has 5 heterocycles. The van der Waals surface area contributed by atoms with Crippen LogP contribution in [0.15, 0.2) is 61.4 Å². The Balaban J connectivity index is 1.32. The number of methoxy groups -OCH3 is 1. The third-order valence-corrected chi connectivity index (χ3v) is 9.01. The molecule has 0 aliphatic carbocycles. The molecule has 5 aromatic rings. The number of likely N-dealkylation sites (N-methyl/N-ethyl adjacent to an activating group) is 1. The smallest absolute Gasteiger partial charge is 0.435 e. The molecule has 14 heteroatoms. The lowest BCUT2D eigenvalue weighted by Crippen LogP contribution is -2.48. The fraction of sp³-hybridized carbons (Fsp3) is 0.324. The van der Waals surface area contributed by atoms with Gasteiger partial charge in [-0.2, -0.15) is 18.3 Å². The molecule has 0 spiro atoms. The van der Waals surface area contributed by atoms with Crippen molar-refractivity contribution in [3.05, 3.63) is 89.4 Å². The number of carbonyl (C=O) groups is 2. The van der Waals surface area contributed by atoms with Gasteiger partial charge in [0.25, 0.3) is 5.91 Å². The molecule has 0 unspecified atom stereocenters. The number of anilines is 1. The Hall–Kier alpha value is -5.24. The number of fused-ring (bicyclic) bond motifs is 2. The highest BCUT2D eigenvalue weighted by Crippen LogP contribution is 2.41. The molecule has 1 saturated heterocycles. The van der Waals surface area contributed by atoms with Gasteiger partial charge < -0.3 is 19.1 Å². The van der Waals surface area contributed by atoms with Gasteiger partial charge in [-0.25, -0.2) is 4.98 Å².